The fraction of sp³-hybridized carbons (Fsp3) is 0.417. The second-order valence-electron chi connectivity index (χ2n) is 9.68. The Kier molecular flexibility index (Phi) is 4.84. The van der Waals surface area contributed by atoms with E-state index >= 15 is 0 Å². The maximum absolute atomic E-state index is 12.8. The van der Waals surface area contributed by atoms with Gasteiger partial charge in [0.2, 0.25) is 17.7 Å². The smallest absolute Gasteiger partial charge is 0.234 e. The average Bonchev–Trinajstić information content (AvgIpc) is 3.23. The van der Waals surface area contributed by atoms with Crippen molar-refractivity contribution in [2.24, 2.45) is 17.3 Å². The molecule has 1 saturated carbocycles. The SMILES string of the molecule is CC1(C)C2C(=O)N(Cc3cc4nccc(-c5cc(P)cnc5O[C@H]5CCNC5)c4s3)C(=O)C21. The molecule has 1 aliphatic carbocycles. The molecule has 0 aromatic carbocycles. The summed E-state index contributed by atoms with van der Waals surface area (Å²) >= 11 is 1.57. The van der Waals surface area contributed by atoms with Crippen molar-refractivity contribution in [1.82, 2.24) is 20.2 Å². The molecule has 2 amide bonds. The Morgan fingerprint density at radius 1 is 1.21 bits per heavy atom. The van der Waals surface area contributed by atoms with E-state index < -0.39 is 0 Å². The molecule has 2 saturated heterocycles. The predicted molar refractivity (Wildman–Crippen MR) is 130 cm³/mol. The number of pyridine rings is 2. The monoisotopic (exact) mass is 480 g/mol. The zero-order chi connectivity index (χ0) is 22.9. The van der Waals surface area contributed by atoms with Gasteiger partial charge < -0.3 is 10.1 Å². The number of imide groups is 1. The van der Waals surface area contributed by atoms with Crippen LogP contribution in [0, 0.1) is 17.3 Å². The number of nitrogens with one attached hydrogen (secondary N) is 1. The van der Waals surface area contributed by atoms with E-state index in [1.807, 2.05) is 26.0 Å². The second kappa shape index (κ2) is 7.55. The minimum absolute atomic E-state index is 0.0404. The zero-order valence-electron chi connectivity index (χ0n) is 18.5. The summed E-state index contributed by atoms with van der Waals surface area (Å²) < 4.78 is 7.25. The normalized spacial score (nSPS) is 25.7. The molecule has 6 rings (SSSR count). The fourth-order valence-electron chi connectivity index (χ4n) is 5.23. The highest BCUT2D eigenvalue weighted by molar-refractivity contribution is 7.27. The lowest BCUT2D eigenvalue weighted by Crippen LogP contribution is -2.35. The highest BCUT2D eigenvalue weighted by atomic mass is 32.1. The maximum Gasteiger partial charge on any atom is 0.234 e. The molecule has 170 valence electrons. The van der Waals surface area contributed by atoms with Crippen LogP contribution in [0.3, 0.4) is 0 Å². The molecule has 9 heteroatoms. The number of piperidine rings is 1. The Bertz CT molecular complexity index is 1280. The Morgan fingerprint density at radius 3 is 2.73 bits per heavy atom. The van der Waals surface area contributed by atoms with E-state index in [1.54, 1.807) is 23.7 Å². The molecule has 2 aliphatic heterocycles. The Balaban J connectivity index is 1.34. The maximum atomic E-state index is 12.8. The van der Waals surface area contributed by atoms with Crippen LogP contribution >= 0.6 is 20.6 Å². The molecular weight excluding hydrogens is 455 g/mol. The van der Waals surface area contributed by atoms with Crippen molar-refractivity contribution in [2.45, 2.75) is 32.9 Å². The van der Waals surface area contributed by atoms with Crippen molar-refractivity contribution in [3.8, 4) is 17.0 Å². The molecule has 3 unspecified atom stereocenters. The summed E-state index contributed by atoms with van der Waals surface area (Å²) in [7, 11) is 2.70. The van der Waals surface area contributed by atoms with Crippen LogP contribution in [-0.2, 0) is 16.1 Å². The van der Waals surface area contributed by atoms with Crippen molar-refractivity contribution in [1.29, 1.82) is 0 Å². The average molecular weight is 481 g/mol. The van der Waals surface area contributed by atoms with Gasteiger partial charge >= 0.3 is 0 Å². The molecule has 4 atom stereocenters. The highest BCUT2D eigenvalue weighted by Gasteiger charge is 2.72. The molecule has 3 aromatic heterocycles. The van der Waals surface area contributed by atoms with Crippen LogP contribution in [0.15, 0.2) is 30.6 Å². The lowest BCUT2D eigenvalue weighted by atomic mass is 10.1. The number of hydrogen-bond donors (Lipinski definition) is 1. The number of carbonyl (C=O) groups is 2. The van der Waals surface area contributed by atoms with Gasteiger partial charge in [-0.2, -0.15) is 0 Å². The zero-order valence-corrected chi connectivity index (χ0v) is 20.5. The predicted octanol–water partition coefficient (Wildman–Crippen LogP) is 2.74. The van der Waals surface area contributed by atoms with Gasteiger partial charge in [-0.3, -0.25) is 19.5 Å². The van der Waals surface area contributed by atoms with E-state index in [4.69, 9.17) is 4.74 Å². The summed E-state index contributed by atoms with van der Waals surface area (Å²) in [5, 5.41) is 4.30. The lowest BCUT2D eigenvalue weighted by Gasteiger charge is -2.19. The van der Waals surface area contributed by atoms with Crippen molar-refractivity contribution < 1.29 is 14.3 Å². The van der Waals surface area contributed by atoms with E-state index in [1.165, 1.54) is 4.90 Å². The van der Waals surface area contributed by atoms with E-state index in [0.29, 0.717) is 12.4 Å². The van der Waals surface area contributed by atoms with Crippen LogP contribution in [0.25, 0.3) is 21.3 Å². The van der Waals surface area contributed by atoms with Gasteiger partial charge in [-0.15, -0.1) is 20.6 Å². The number of nitrogens with zero attached hydrogens (tertiary/aromatic N) is 3. The largest absolute Gasteiger partial charge is 0.473 e. The van der Waals surface area contributed by atoms with Gasteiger partial charge in [-0.05, 0) is 41.9 Å². The van der Waals surface area contributed by atoms with Gasteiger partial charge in [-0.25, -0.2) is 4.98 Å². The second-order valence-corrected chi connectivity index (χ2v) is 11.5. The van der Waals surface area contributed by atoms with Crippen molar-refractivity contribution in [3.63, 3.8) is 0 Å². The van der Waals surface area contributed by atoms with E-state index in [-0.39, 0.29) is 35.2 Å². The number of hydrogen-bond acceptors (Lipinski definition) is 7. The molecule has 0 spiro atoms. The Hall–Kier alpha value is -2.41. The van der Waals surface area contributed by atoms with Crippen LogP contribution in [0.1, 0.15) is 25.1 Å². The quantitative estimate of drug-likeness (QED) is 0.447. The summed E-state index contributed by atoms with van der Waals surface area (Å²) in [5.74, 6) is 0.217. The first-order valence-electron chi connectivity index (χ1n) is 11.2. The first-order chi connectivity index (χ1) is 15.8. The third kappa shape index (κ3) is 3.38. The topological polar surface area (TPSA) is 84.4 Å². The minimum Gasteiger partial charge on any atom is -0.473 e. The molecule has 3 aromatic rings. The first-order valence-corrected chi connectivity index (χ1v) is 12.6. The van der Waals surface area contributed by atoms with Gasteiger partial charge in [0.15, 0.2) is 0 Å². The van der Waals surface area contributed by atoms with Crippen LogP contribution in [-0.4, -0.2) is 45.9 Å². The molecule has 1 N–H and O–H groups in total. The number of rotatable bonds is 5. The molecule has 0 bridgehead atoms. The number of likely N-dealkylation sites (tertiary alicyclic amines) is 1. The molecular formula is C24H25N4O3PS. The lowest BCUT2D eigenvalue weighted by molar-refractivity contribution is -0.143. The van der Waals surface area contributed by atoms with Crippen molar-refractivity contribution >= 4 is 47.9 Å². The number of ether oxygens (including phenoxy) is 1. The summed E-state index contributed by atoms with van der Waals surface area (Å²) in [5.41, 5.74) is 2.57. The highest BCUT2D eigenvalue weighted by Crippen LogP contribution is 2.63. The Labute approximate surface area is 198 Å². The molecule has 5 heterocycles. The molecule has 0 radical (unpaired) electrons. The summed E-state index contributed by atoms with van der Waals surface area (Å²) in [6, 6.07) is 6.03. The van der Waals surface area contributed by atoms with Crippen LogP contribution in [0.5, 0.6) is 5.88 Å². The van der Waals surface area contributed by atoms with Gasteiger partial charge in [0.1, 0.15) is 6.10 Å². The van der Waals surface area contributed by atoms with Gasteiger partial charge in [0.05, 0.1) is 28.6 Å². The van der Waals surface area contributed by atoms with Gasteiger partial charge in [0.25, 0.3) is 0 Å². The van der Waals surface area contributed by atoms with Crippen molar-refractivity contribution in [3.05, 3.63) is 35.5 Å². The number of thiophene rings is 1. The number of fused-ring (bicyclic) bond motifs is 2. The van der Waals surface area contributed by atoms with E-state index in [9.17, 15) is 9.59 Å². The van der Waals surface area contributed by atoms with E-state index in [0.717, 1.165) is 51.0 Å². The van der Waals surface area contributed by atoms with E-state index in [2.05, 4.69) is 30.6 Å². The summed E-state index contributed by atoms with van der Waals surface area (Å²) in [6.07, 6.45) is 4.64. The standard InChI is InChI=1S/C24H25N4O3PS/c1-24(2)18-19(24)23(30)28(22(18)29)11-14-8-17-20(33-14)15(4-6-26-17)16-7-13(32)10-27-21(16)31-12-3-5-25-9-12/h4,6-8,10,12,18-19,25H,3,5,9,11,32H2,1-2H3/t12-,18?,19?/m0/s1. The van der Waals surface area contributed by atoms with Gasteiger partial charge in [-0.1, -0.05) is 13.8 Å². The summed E-state index contributed by atoms with van der Waals surface area (Å²) in [6.45, 7) is 6.07. The third-order valence-electron chi connectivity index (χ3n) is 7.12. The third-order valence-corrected chi connectivity index (χ3v) is 8.58. The molecule has 3 fully saturated rings. The molecule has 3 aliphatic rings. The van der Waals surface area contributed by atoms with Crippen LogP contribution < -0.4 is 15.4 Å². The summed E-state index contributed by atoms with van der Waals surface area (Å²) in [4.78, 5) is 37.1. The molecule has 33 heavy (non-hydrogen) atoms. The van der Waals surface area contributed by atoms with Crippen molar-refractivity contribution in [2.75, 3.05) is 13.1 Å². The first kappa shape index (κ1) is 21.1. The fourth-order valence-corrected chi connectivity index (χ4v) is 6.61. The number of carbonyl (C=O) groups excluding carboxylic acids is 2. The van der Waals surface area contributed by atoms with Crippen LogP contribution in [0.4, 0.5) is 0 Å². The number of aromatic nitrogens is 2. The minimum atomic E-state index is -0.193. The van der Waals surface area contributed by atoms with Gasteiger partial charge in [0, 0.05) is 34.9 Å². The molecule has 7 nitrogen and oxygen atoms in total. The number of amides is 2. The Morgan fingerprint density at radius 2 is 2.00 bits per heavy atom. The van der Waals surface area contributed by atoms with Crippen LogP contribution in [0.2, 0.25) is 0 Å².